The van der Waals surface area contributed by atoms with Crippen molar-refractivity contribution < 1.29 is 18.3 Å². The fraction of sp³-hybridized carbons (Fsp3) is 0.600. The number of nitrogens with one attached hydrogen (secondary N) is 1. The lowest BCUT2D eigenvalue weighted by Gasteiger charge is -2.35. The van der Waals surface area contributed by atoms with Crippen LogP contribution < -0.4 is 9.46 Å². The average molecular weight is 313 g/mol. The van der Waals surface area contributed by atoms with Crippen LogP contribution in [0.1, 0.15) is 32.6 Å². The molecule has 0 heterocycles. The minimum absolute atomic E-state index is 0.0525. The van der Waals surface area contributed by atoms with Gasteiger partial charge in [0.15, 0.2) is 0 Å². The standard InChI is InChI=1S/C15H23NO4S/c1-12-5-4-8-15(17,10-12)11-16-21(18,19)14-7-3-6-13(9-14)20-2/h3,6-7,9,12,16-17H,4-5,8,10-11H2,1-2H3. The fourth-order valence-corrected chi connectivity index (χ4v) is 4.03. The summed E-state index contributed by atoms with van der Waals surface area (Å²) >= 11 is 0. The van der Waals surface area contributed by atoms with Crippen LogP contribution in [0.25, 0.3) is 0 Å². The third kappa shape index (κ3) is 4.18. The molecule has 6 heteroatoms. The van der Waals surface area contributed by atoms with E-state index in [9.17, 15) is 13.5 Å². The van der Waals surface area contributed by atoms with Crippen molar-refractivity contribution in [1.29, 1.82) is 0 Å². The van der Waals surface area contributed by atoms with E-state index in [1.54, 1.807) is 12.1 Å². The molecule has 0 spiro atoms. The van der Waals surface area contributed by atoms with Crippen LogP contribution in [-0.4, -0.2) is 32.8 Å². The summed E-state index contributed by atoms with van der Waals surface area (Å²) in [6.45, 7) is 2.14. The SMILES string of the molecule is COc1cccc(S(=O)(=O)NCC2(O)CCCC(C)C2)c1. The summed E-state index contributed by atoms with van der Waals surface area (Å²) in [6, 6.07) is 6.30. The summed E-state index contributed by atoms with van der Waals surface area (Å²) in [6.07, 6.45) is 3.29. The van der Waals surface area contributed by atoms with Crippen LogP contribution in [0.4, 0.5) is 0 Å². The Morgan fingerprint density at radius 2 is 2.24 bits per heavy atom. The van der Waals surface area contributed by atoms with Gasteiger partial charge in [-0.2, -0.15) is 0 Å². The summed E-state index contributed by atoms with van der Waals surface area (Å²) in [5.74, 6) is 0.910. The van der Waals surface area contributed by atoms with Gasteiger partial charge in [-0.1, -0.05) is 25.8 Å². The van der Waals surface area contributed by atoms with Crippen molar-refractivity contribution in [2.45, 2.75) is 43.1 Å². The Balaban J connectivity index is 2.07. The molecule has 1 aromatic rings. The molecule has 1 saturated carbocycles. The van der Waals surface area contributed by atoms with Crippen LogP contribution >= 0.6 is 0 Å². The van der Waals surface area contributed by atoms with Crippen molar-refractivity contribution in [3.8, 4) is 5.75 Å². The number of methoxy groups -OCH3 is 1. The Kier molecular flexibility index (Phi) is 4.91. The molecule has 1 fully saturated rings. The second-order valence-corrected chi connectivity index (χ2v) is 7.70. The van der Waals surface area contributed by atoms with Crippen molar-refractivity contribution in [1.82, 2.24) is 4.72 Å². The Bertz CT molecular complexity index is 587. The van der Waals surface area contributed by atoms with Crippen molar-refractivity contribution >= 4 is 10.0 Å². The maximum Gasteiger partial charge on any atom is 0.240 e. The lowest BCUT2D eigenvalue weighted by Crippen LogP contribution is -2.45. The summed E-state index contributed by atoms with van der Waals surface area (Å²) in [5.41, 5.74) is -0.941. The summed E-state index contributed by atoms with van der Waals surface area (Å²) < 4.78 is 32.1. The van der Waals surface area contributed by atoms with E-state index in [0.29, 0.717) is 24.5 Å². The van der Waals surface area contributed by atoms with Crippen LogP contribution in [-0.2, 0) is 10.0 Å². The number of hydrogen-bond donors (Lipinski definition) is 2. The van der Waals surface area contributed by atoms with Crippen molar-refractivity contribution in [2.75, 3.05) is 13.7 Å². The van der Waals surface area contributed by atoms with Gasteiger partial charge in [-0.05, 0) is 30.9 Å². The summed E-state index contributed by atoms with van der Waals surface area (Å²) in [5, 5.41) is 10.5. The van der Waals surface area contributed by atoms with E-state index in [1.807, 2.05) is 0 Å². The lowest BCUT2D eigenvalue weighted by atomic mass is 9.79. The Labute approximate surface area is 126 Å². The first-order valence-electron chi connectivity index (χ1n) is 7.21. The molecule has 21 heavy (non-hydrogen) atoms. The number of hydrogen-bond acceptors (Lipinski definition) is 4. The van der Waals surface area contributed by atoms with Gasteiger partial charge in [-0.3, -0.25) is 0 Å². The van der Waals surface area contributed by atoms with Gasteiger partial charge in [-0.15, -0.1) is 0 Å². The van der Waals surface area contributed by atoms with Crippen LogP contribution in [0.5, 0.6) is 5.75 Å². The third-order valence-corrected chi connectivity index (χ3v) is 5.41. The van der Waals surface area contributed by atoms with E-state index in [4.69, 9.17) is 4.74 Å². The Morgan fingerprint density at radius 3 is 2.90 bits per heavy atom. The molecule has 0 aromatic heterocycles. The average Bonchev–Trinajstić information content (AvgIpc) is 2.45. The number of aliphatic hydroxyl groups is 1. The minimum atomic E-state index is -3.64. The highest BCUT2D eigenvalue weighted by atomic mass is 32.2. The van der Waals surface area contributed by atoms with E-state index >= 15 is 0 Å². The molecule has 2 atom stereocenters. The van der Waals surface area contributed by atoms with E-state index in [2.05, 4.69) is 11.6 Å². The zero-order chi connectivity index (χ0) is 15.5. The molecule has 2 unspecified atom stereocenters. The quantitative estimate of drug-likeness (QED) is 0.871. The smallest absolute Gasteiger partial charge is 0.240 e. The first-order valence-corrected chi connectivity index (χ1v) is 8.69. The van der Waals surface area contributed by atoms with Crippen LogP contribution in [0.3, 0.4) is 0 Å². The first-order chi connectivity index (χ1) is 9.85. The molecule has 1 aliphatic rings. The molecule has 5 nitrogen and oxygen atoms in total. The maximum absolute atomic E-state index is 12.3. The summed E-state index contributed by atoms with van der Waals surface area (Å²) in [4.78, 5) is 0.148. The van der Waals surface area contributed by atoms with Gasteiger partial charge >= 0.3 is 0 Å². The third-order valence-electron chi connectivity index (χ3n) is 4.01. The Hall–Kier alpha value is -1.11. The molecule has 1 aromatic carbocycles. The molecule has 0 radical (unpaired) electrons. The molecule has 0 aliphatic heterocycles. The lowest BCUT2D eigenvalue weighted by molar-refractivity contribution is -0.00751. The normalized spacial score (nSPS) is 26.5. The number of ether oxygens (including phenoxy) is 1. The first kappa shape index (κ1) is 16.3. The van der Waals surface area contributed by atoms with E-state index < -0.39 is 15.6 Å². The van der Waals surface area contributed by atoms with Crippen molar-refractivity contribution in [3.63, 3.8) is 0 Å². The zero-order valence-corrected chi connectivity index (χ0v) is 13.3. The summed E-state index contributed by atoms with van der Waals surface area (Å²) in [7, 11) is -2.15. The molecule has 2 rings (SSSR count). The zero-order valence-electron chi connectivity index (χ0n) is 12.5. The van der Waals surface area contributed by atoms with E-state index in [1.165, 1.54) is 19.2 Å². The fourth-order valence-electron chi connectivity index (χ4n) is 2.87. The highest BCUT2D eigenvalue weighted by Crippen LogP contribution is 2.32. The number of benzene rings is 1. The van der Waals surface area contributed by atoms with Gasteiger partial charge < -0.3 is 9.84 Å². The maximum atomic E-state index is 12.3. The van der Waals surface area contributed by atoms with Gasteiger partial charge in [0.05, 0.1) is 17.6 Å². The molecule has 2 N–H and O–H groups in total. The number of rotatable bonds is 5. The van der Waals surface area contributed by atoms with Crippen molar-refractivity contribution in [2.24, 2.45) is 5.92 Å². The Morgan fingerprint density at radius 1 is 1.48 bits per heavy atom. The van der Waals surface area contributed by atoms with Gasteiger partial charge in [0, 0.05) is 12.6 Å². The minimum Gasteiger partial charge on any atom is -0.497 e. The van der Waals surface area contributed by atoms with Crippen molar-refractivity contribution in [3.05, 3.63) is 24.3 Å². The molecular formula is C15H23NO4S. The van der Waals surface area contributed by atoms with Crippen LogP contribution in [0, 0.1) is 5.92 Å². The highest BCUT2D eigenvalue weighted by Gasteiger charge is 2.33. The monoisotopic (exact) mass is 313 g/mol. The second kappa shape index (κ2) is 6.34. The molecule has 118 valence electrons. The second-order valence-electron chi connectivity index (χ2n) is 5.93. The largest absolute Gasteiger partial charge is 0.497 e. The van der Waals surface area contributed by atoms with Gasteiger partial charge in [-0.25, -0.2) is 13.1 Å². The van der Waals surface area contributed by atoms with E-state index in [0.717, 1.165) is 12.8 Å². The van der Waals surface area contributed by atoms with Gasteiger partial charge in [0.1, 0.15) is 5.75 Å². The molecule has 0 amide bonds. The van der Waals surface area contributed by atoms with Crippen LogP contribution in [0.15, 0.2) is 29.2 Å². The molecule has 1 aliphatic carbocycles. The van der Waals surface area contributed by atoms with Crippen LogP contribution in [0.2, 0.25) is 0 Å². The van der Waals surface area contributed by atoms with Gasteiger partial charge in [0.2, 0.25) is 10.0 Å². The van der Waals surface area contributed by atoms with Gasteiger partial charge in [0.25, 0.3) is 0 Å². The molecule has 0 saturated heterocycles. The topological polar surface area (TPSA) is 75.6 Å². The highest BCUT2D eigenvalue weighted by molar-refractivity contribution is 7.89. The predicted molar refractivity (Wildman–Crippen MR) is 80.8 cm³/mol. The predicted octanol–water partition coefficient (Wildman–Crippen LogP) is 1.91. The number of sulfonamides is 1. The molecular weight excluding hydrogens is 290 g/mol. The molecule has 0 bridgehead atoms. The van der Waals surface area contributed by atoms with E-state index in [-0.39, 0.29) is 11.4 Å².